The molecule has 10 heteroatoms. The average Bonchev–Trinajstić information content (AvgIpc) is 3.23. The van der Waals surface area contributed by atoms with Crippen LogP contribution in [0, 0.1) is 0 Å². The maximum atomic E-state index is 12.9. The molecule has 2 saturated heterocycles. The third-order valence-corrected chi connectivity index (χ3v) is 6.55. The normalized spacial score (nSPS) is 21.0. The van der Waals surface area contributed by atoms with Gasteiger partial charge < -0.3 is 20.2 Å². The molecule has 3 rings (SSSR count). The number of aliphatic hydroxyl groups is 1. The number of aliphatic hydroxyl groups excluding tert-OH is 1. The van der Waals surface area contributed by atoms with Gasteiger partial charge >= 0.3 is 11.9 Å². The van der Waals surface area contributed by atoms with Crippen molar-refractivity contribution in [3.63, 3.8) is 0 Å². The van der Waals surface area contributed by atoms with E-state index >= 15 is 0 Å². The van der Waals surface area contributed by atoms with E-state index in [0.29, 0.717) is 28.6 Å². The number of carboxylic acids is 2. The highest BCUT2D eigenvalue weighted by Crippen LogP contribution is 2.26. The minimum absolute atomic E-state index is 0.155. The number of nitrogens with zero attached hydrogens (tertiary/aromatic N) is 2. The smallest absolute Gasteiger partial charge is 0.328 e. The maximum absolute atomic E-state index is 12.9. The first-order valence-corrected chi connectivity index (χ1v) is 11.7. The van der Waals surface area contributed by atoms with Gasteiger partial charge in [0, 0.05) is 37.3 Å². The number of hydrogen-bond acceptors (Lipinski definition) is 5. The number of rotatable bonds is 7. The van der Waals surface area contributed by atoms with E-state index in [1.54, 1.807) is 12.1 Å². The summed E-state index contributed by atoms with van der Waals surface area (Å²) in [6, 6.07) is 5.90. The van der Waals surface area contributed by atoms with Crippen LogP contribution in [0.5, 0.6) is 0 Å². The number of halogens is 2. The lowest BCUT2D eigenvalue weighted by molar-refractivity contribution is -0.135. The predicted octanol–water partition coefficient (Wildman–Crippen LogP) is 3.09. The number of carbonyl (C=O) groups is 3. The summed E-state index contributed by atoms with van der Waals surface area (Å²) in [7, 11) is 0. The second kappa shape index (κ2) is 13.5. The molecule has 0 radical (unpaired) electrons. The Hall–Kier alpha value is -2.13. The van der Waals surface area contributed by atoms with Crippen LogP contribution in [0.4, 0.5) is 0 Å². The summed E-state index contributed by atoms with van der Waals surface area (Å²) >= 11 is 12.0. The Morgan fingerprint density at radius 2 is 1.61 bits per heavy atom. The quantitative estimate of drug-likeness (QED) is 0.492. The molecule has 1 aromatic carbocycles. The predicted molar refractivity (Wildman–Crippen MR) is 126 cm³/mol. The summed E-state index contributed by atoms with van der Waals surface area (Å²) < 4.78 is 0. The minimum Gasteiger partial charge on any atom is -0.478 e. The van der Waals surface area contributed by atoms with E-state index in [4.69, 9.17) is 33.4 Å². The molecule has 2 heterocycles. The number of piperidine rings is 1. The van der Waals surface area contributed by atoms with Crippen LogP contribution in [0.2, 0.25) is 10.0 Å². The van der Waals surface area contributed by atoms with Gasteiger partial charge in [-0.05, 0) is 56.3 Å². The van der Waals surface area contributed by atoms with Crippen LogP contribution >= 0.6 is 23.2 Å². The highest BCUT2D eigenvalue weighted by atomic mass is 35.5. The highest BCUT2D eigenvalue weighted by molar-refractivity contribution is 6.42. The maximum Gasteiger partial charge on any atom is 0.328 e. The number of carboxylic acid groups (broad SMARTS) is 2. The summed E-state index contributed by atoms with van der Waals surface area (Å²) in [4.78, 5) is 36.4. The van der Waals surface area contributed by atoms with Crippen molar-refractivity contribution in [2.75, 3.05) is 26.2 Å². The van der Waals surface area contributed by atoms with Gasteiger partial charge in [-0.3, -0.25) is 9.69 Å². The van der Waals surface area contributed by atoms with Gasteiger partial charge in [-0.2, -0.15) is 0 Å². The zero-order chi connectivity index (χ0) is 24.4. The molecule has 1 amide bonds. The standard InChI is InChI=1S/C19H26Cl2N2O2.C4H4O4/c20-17-7-6-14(10-18(17)21)11-19(25)23-9-2-1-4-15(23)12-22-8-3-5-16(22)13-24;5-3(6)1-2-4(7)8/h6-7,10,15-16,24H,1-5,8-9,11-13H2;1-2H,(H,5,6)(H,7,8). The molecule has 0 spiro atoms. The molecule has 3 N–H and O–H groups in total. The van der Waals surface area contributed by atoms with Gasteiger partial charge in [-0.15, -0.1) is 0 Å². The van der Waals surface area contributed by atoms with Crippen LogP contribution in [0.15, 0.2) is 30.4 Å². The molecule has 2 atom stereocenters. The third kappa shape index (κ3) is 8.97. The second-order valence-electron chi connectivity index (χ2n) is 8.15. The first kappa shape index (κ1) is 27.1. The average molecular weight is 501 g/mol. The van der Waals surface area contributed by atoms with E-state index in [0.717, 1.165) is 50.9 Å². The number of carbonyl (C=O) groups excluding carboxylic acids is 1. The molecule has 2 aliphatic rings. The van der Waals surface area contributed by atoms with E-state index in [-0.39, 0.29) is 24.6 Å². The number of benzene rings is 1. The fourth-order valence-electron chi connectivity index (χ4n) is 4.20. The summed E-state index contributed by atoms with van der Waals surface area (Å²) in [5, 5.41) is 26.2. The Bertz CT molecular complexity index is 847. The molecule has 0 aliphatic carbocycles. The SMILES string of the molecule is O=C(Cc1ccc(Cl)c(Cl)c1)N1CCCCC1CN1CCCC1CO.O=C(O)C=CC(=O)O. The van der Waals surface area contributed by atoms with Crippen molar-refractivity contribution in [2.45, 2.75) is 50.6 Å². The molecule has 182 valence electrons. The topological polar surface area (TPSA) is 118 Å². The van der Waals surface area contributed by atoms with Gasteiger partial charge in [0.05, 0.1) is 23.1 Å². The van der Waals surface area contributed by atoms with Crippen LogP contribution in [-0.2, 0) is 20.8 Å². The Balaban J connectivity index is 0.000000414. The van der Waals surface area contributed by atoms with E-state index in [1.807, 2.05) is 11.0 Å². The largest absolute Gasteiger partial charge is 0.478 e. The summed E-state index contributed by atoms with van der Waals surface area (Å²) in [6.45, 7) is 2.93. The van der Waals surface area contributed by atoms with E-state index < -0.39 is 11.9 Å². The van der Waals surface area contributed by atoms with Gasteiger partial charge in [0.2, 0.25) is 5.91 Å². The van der Waals surface area contributed by atoms with Crippen molar-refractivity contribution in [3.8, 4) is 0 Å². The van der Waals surface area contributed by atoms with Crippen molar-refractivity contribution in [3.05, 3.63) is 46.0 Å². The van der Waals surface area contributed by atoms with Gasteiger partial charge in [0.25, 0.3) is 0 Å². The van der Waals surface area contributed by atoms with E-state index in [2.05, 4.69) is 4.90 Å². The van der Waals surface area contributed by atoms with Gasteiger partial charge in [-0.1, -0.05) is 29.3 Å². The van der Waals surface area contributed by atoms with Crippen molar-refractivity contribution >= 4 is 41.0 Å². The van der Waals surface area contributed by atoms with E-state index in [1.165, 1.54) is 6.42 Å². The fraction of sp³-hybridized carbons (Fsp3) is 0.522. The molecular weight excluding hydrogens is 471 g/mol. The molecular formula is C23H30Cl2N2O6. The molecule has 2 aliphatic heterocycles. The molecule has 1 aromatic rings. The zero-order valence-corrected chi connectivity index (χ0v) is 19.8. The highest BCUT2D eigenvalue weighted by Gasteiger charge is 2.32. The summed E-state index contributed by atoms with van der Waals surface area (Å²) in [5.74, 6) is -2.36. The van der Waals surface area contributed by atoms with Crippen LogP contribution in [0.1, 0.15) is 37.7 Å². The molecule has 0 bridgehead atoms. The Morgan fingerprint density at radius 1 is 0.939 bits per heavy atom. The monoisotopic (exact) mass is 500 g/mol. The molecule has 0 saturated carbocycles. The van der Waals surface area contributed by atoms with Crippen LogP contribution in [0.3, 0.4) is 0 Å². The van der Waals surface area contributed by atoms with E-state index in [9.17, 15) is 19.5 Å². The van der Waals surface area contributed by atoms with Crippen molar-refractivity contribution < 1.29 is 29.7 Å². The van der Waals surface area contributed by atoms with Crippen molar-refractivity contribution in [1.29, 1.82) is 0 Å². The molecule has 33 heavy (non-hydrogen) atoms. The van der Waals surface area contributed by atoms with Crippen LogP contribution in [0.25, 0.3) is 0 Å². The Kier molecular flexibility index (Phi) is 11.1. The third-order valence-electron chi connectivity index (χ3n) is 5.81. The lowest BCUT2D eigenvalue weighted by Crippen LogP contribution is -2.51. The number of aliphatic carboxylic acids is 2. The summed E-state index contributed by atoms with van der Waals surface area (Å²) in [5.41, 5.74) is 0.901. The lowest BCUT2D eigenvalue weighted by atomic mass is 10.00. The van der Waals surface area contributed by atoms with Gasteiger partial charge in [-0.25, -0.2) is 9.59 Å². The van der Waals surface area contributed by atoms with Crippen molar-refractivity contribution in [1.82, 2.24) is 9.80 Å². The molecule has 2 unspecified atom stereocenters. The van der Waals surface area contributed by atoms with Crippen LogP contribution < -0.4 is 0 Å². The molecule has 0 aromatic heterocycles. The number of amides is 1. The first-order valence-electron chi connectivity index (χ1n) is 10.9. The second-order valence-corrected chi connectivity index (χ2v) is 8.96. The minimum atomic E-state index is -1.26. The van der Waals surface area contributed by atoms with Crippen molar-refractivity contribution in [2.24, 2.45) is 0 Å². The van der Waals surface area contributed by atoms with Gasteiger partial charge in [0.1, 0.15) is 0 Å². The molecule has 2 fully saturated rings. The molecule has 8 nitrogen and oxygen atoms in total. The fourth-order valence-corrected chi connectivity index (χ4v) is 4.52. The first-order chi connectivity index (χ1) is 15.7. The van der Waals surface area contributed by atoms with Gasteiger partial charge in [0.15, 0.2) is 0 Å². The van der Waals surface area contributed by atoms with Crippen LogP contribution in [-0.4, -0.2) is 81.3 Å². The lowest BCUT2D eigenvalue weighted by Gasteiger charge is -2.39. The number of likely N-dealkylation sites (tertiary alicyclic amines) is 2. The zero-order valence-electron chi connectivity index (χ0n) is 18.3. The Morgan fingerprint density at radius 3 is 2.21 bits per heavy atom. The summed E-state index contributed by atoms with van der Waals surface area (Å²) in [6.07, 6.45) is 6.94. The Labute approximate surface area is 203 Å². The number of hydrogen-bond donors (Lipinski definition) is 3.